The predicted octanol–water partition coefficient (Wildman–Crippen LogP) is 5.13. The Morgan fingerprint density at radius 1 is 1.14 bits per heavy atom. The topological polar surface area (TPSA) is 75.8 Å². The lowest BCUT2D eigenvalue weighted by Gasteiger charge is -2.07. The molecule has 28 heavy (non-hydrogen) atoms. The molecule has 0 bridgehead atoms. The van der Waals surface area contributed by atoms with E-state index in [0.29, 0.717) is 17.0 Å². The van der Waals surface area contributed by atoms with E-state index in [1.54, 1.807) is 17.7 Å². The Kier molecular flexibility index (Phi) is 5.61. The second-order valence-electron chi connectivity index (χ2n) is 6.03. The second-order valence-corrected chi connectivity index (χ2v) is 8.76. The van der Waals surface area contributed by atoms with E-state index in [4.69, 9.17) is 23.2 Å². The fraction of sp³-hybridized carbons (Fsp3) is 0.100. The second kappa shape index (κ2) is 7.80. The van der Waals surface area contributed by atoms with Gasteiger partial charge in [-0.25, -0.2) is 13.1 Å². The maximum atomic E-state index is 13.0. The molecule has 3 aromatic rings. The van der Waals surface area contributed by atoms with Crippen molar-refractivity contribution in [2.24, 2.45) is 0 Å². The van der Waals surface area contributed by atoms with Crippen molar-refractivity contribution in [2.75, 3.05) is 0 Å². The summed E-state index contributed by atoms with van der Waals surface area (Å²) in [5, 5.41) is 14.2. The molecule has 0 aliphatic heterocycles. The lowest BCUT2D eigenvalue weighted by molar-refractivity contribution is 0.603. The summed E-state index contributed by atoms with van der Waals surface area (Å²) >= 11 is 12.0. The standard InChI is InChI=1S/C20H15Cl2N3O2S/c1-13-18(14(2)25(24-13)16-6-4-3-5-7-16)11-17(12-23)28(26,27)20-10-15(21)8-9-19(20)22/h3-11H,1-2H3/b17-11+. The molecule has 0 saturated carbocycles. The third-order valence-corrected chi connectivity index (χ3v) is 6.59. The zero-order valence-electron chi connectivity index (χ0n) is 15.0. The van der Waals surface area contributed by atoms with Crippen LogP contribution in [-0.2, 0) is 9.84 Å². The van der Waals surface area contributed by atoms with E-state index in [9.17, 15) is 13.7 Å². The molecule has 5 nitrogen and oxygen atoms in total. The first kappa shape index (κ1) is 20.2. The molecule has 0 N–H and O–H groups in total. The highest BCUT2D eigenvalue weighted by Crippen LogP contribution is 2.31. The molecule has 1 heterocycles. The fourth-order valence-electron chi connectivity index (χ4n) is 2.79. The van der Waals surface area contributed by atoms with Gasteiger partial charge in [0.15, 0.2) is 0 Å². The average Bonchev–Trinajstić information content (AvgIpc) is 2.96. The third-order valence-electron chi connectivity index (χ3n) is 4.21. The van der Waals surface area contributed by atoms with Gasteiger partial charge >= 0.3 is 0 Å². The van der Waals surface area contributed by atoms with Gasteiger partial charge in [-0.05, 0) is 50.3 Å². The maximum Gasteiger partial charge on any atom is 0.218 e. The Hall–Kier alpha value is -2.59. The number of para-hydroxylation sites is 1. The highest BCUT2D eigenvalue weighted by atomic mass is 35.5. The van der Waals surface area contributed by atoms with Crippen LogP contribution in [0, 0.1) is 25.2 Å². The molecule has 142 valence electrons. The molecule has 0 atom stereocenters. The monoisotopic (exact) mass is 431 g/mol. The minimum absolute atomic E-state index is 0.000949. The first-order valence-corrected chi connectivity index (χ1v) is 10.4. The van der Waals surface area contributed by atoms with Crippen LogP contribution in [0.25, 0.3) is 11.8 Å². The summed E-state index contributed by atoms with van der Waals surface area (Å²) < 4.78 is 27.7. The smallest absolute Gasteiger partial charge is 0.218 e. The third kappa shape index (κ3) is 3.69. The van der Waals surface area contributed by atoms with Crippen LogP contribution in [0.15, 0.2) is 58.3 Å². The van der Waals surface area contributed by atoms with Gasteiger partial charge in [0.25, 0.3) is 0 Å². The van der Waals surface area contributed by atoms with Crippen LogP contribution < -0.4 is 0 Å². The summed E-state index contributed by atoms with van der Waals surface area (Å²) in [4.78, 5) is -0.643. The molecule has 0 spiro atoms. The van der Waals surface area contributed by atoms with Crippen molar-refractivity contribution in [3.05, 3.63) is 80.4 Å². The summed E-state index contributed by atoms with van der Waals surface area (Å²) in [5.41, 5.74) is 2.70. The Morgan fingerprint density at radius 2 is 1.82 bits per heavy atom. The molecule has 0 saturated heterocycles. The molecule has 2 aromatic carbocycles. The number of hydrogen-bond donors (Lipinski definition) is 0. The van der Waals surface area contributed by atoms with Crippen molar-refractivity contribution >= 4 is 39.1 Å². The molecule has 1 aromatic heterocycles. The number of hydrogen-bond acceptors (Lipinski definition) is 4. The first-order chi connectivity index (χ1) is 13.3. The molecule has 0 aliphatic rings. The van der Waals surface area contributed by atoms with E-state index < -0.39 is 14.7 Å². The lowest BCUT2D eigenvalue weighted by Crippen LogP contribution is -2.05. The van der Waals surface area contributed by atoms with Gasteiger partial charge in [0.2, 0.25) is 9.84 Å². The van der Waals surface area contributed by atoms with Crippen LogP contribution in [0.5, 0.6) is 0 Å². The highest BCUT2D eigenvalue weighted by Gasteiger charge is 2.25. The van der Waals surface area contributed by atoms with Crippen molar-refractivity contribution in [2.45, 2.75) is 18.7 Å². The number of aryl methyl sites for hydroxylation is 1. The quantitative estimate of drug-likeness (QED) is 0.536. The maximum absolute atomic E-state index is 13.0. The van der Waals surface area contributed by atoms with Gasteiger partial charge in [-0.1, -0.05) is 41.4 Å². The molecule has 3 rings (SSSR count). The highest BCUT2D eigenvalue weighted by molar-refractivity contribution is 7.95. The van der Waals surface area contributed by atoms with Crippen LogP contribution in [0.4, 0.5) is 0 Å². The molecule has 0 unspecified atom stereocenters. The molecule has 0 aliphatic carbocycles. The Labute approximate surface area is 173 Å². The Bertz CT molecular complexity index is 1220. The number of halogens is 2. The van der Waals surface area contributed by atoms with Gasteiger partial charge in [-0.15, -0.1) is 0 Å². The Morgan fingerprint density at radius 3 is 2.46 bits per heavy atom. The van der Waals surface area contributed by atoms with Crippen LogP contribution >= 0.6 is 23.2 Å². The molecule has 0 radical (unpaired) electrons. The molecule has 0 amide bonds. The van der Waals surface area contributed by atoms with Crippen LogP contribution in [0.3, 0.4) is 0 Å². The summed E-state index contributed by atoms with van der Waals surface area (Å²) in [6.07, 6.45) is 1.32. The van der Waals surface area contributed by atoms with Crippen LogP contribution in [0.1, 0.15) is 17.0 Å². The van der Waals surface area contributed by atoms with E-state index in [0.717, 1.165) is 5.69 Å². The van der Waals surface area contributed by atoms with Crippen molar-refractivity contribution in [3.8, 4) is 11.8 Å². The van der Waals surface area contributed by atoms with Gasteiger partial charge in [0.05, 0.1) is 21.3 Å². The normalized spacial score (nSPS) is 12.0. The molecule has 8 heteroatoms. The summed E-state index contributed by atoms with van der Waals surface area (Å²) in [6, 6.07) is 15.3. The molecular weight excluding hydrogens is 417 g/mol. The molecule has 0 fully saturated rings. The van der Waals surface area contributed by atoms with E-state index in [1.165, 1.54) is 24.3 Å². The van der Waals surface area contributed by atoms with E-state index in [2.05, 4.69) is 5.10 Å². The van der Waals surface area contributed by atoms with Crippen LogP contribution in [0.2, 0.25) is 10.0 Å². The summed E-state index contributed by atoms with van der Waals surface area (Å²) in [6.45, 7) is 3.57. The van der Waals surface area contributed by atoms with Crippen molar-refractivity contribution < 1.29 is 8.42 Å². The molecular formula is C20H15Cl2N3O2S. The van der Waals surface area contributed by atoms with Gasteiger partial charge in [0.1, 0.15) is 11.0 Å². The van der Waals surface area contributed by atoms with Crippen molar-refractivity contribution in [3.63, 3.8) is 0 Å². The zero-order chi connectivity index (χ0) is 20.5. The van der Waals surface area contributed by atoms with Crippen LogP contribution in [-0.4, -0.2) is 18.2 Å². The average molecular weight is 432 g/mol. The lowest BCUT2D eigenvalue weighted by atomic mass is 10.2. The van der Waals surface area contributed by atoms with Gasteiger partial charge < -0.3 is 0 Å². The largest absolute Gasteiger partial charge is 0.237 e. The van der Waals surface area contributed by atoms with Gasteiger partial charge in [0, 0.05) is 16.3 Å². The Balaban J connectivity index is 2.16. The predicted molar refractivity (Wildman–Crippen MR) is 110 cm³/mol. The number of benzene rings is 2. The van der Waals surface area contributed by atoms with E-state index in [-0.39, 0.29) is 14.9 Å². The SMILES string of the molecule is Cc1nn(-c2ccccc2)c(C)c1/C=C(\C#N)S(=O)(=O)c1cc(Cl)ccc1Cl. The number of rotatable bonds is 4. The number of nitriles is 1. The first-order valence-electron chi connectivity index (χ1n) is 8.19. The minimum Gasteiger partial charge on any atom is -0.237 e. The fourth-order valence-corrected chi connectivity index (χ4v) is 4.68. The van der Waals surface area contributed by atoms with E-state index >= 15 is 0 Å². The number of aromatic nitrogens is 2. The number of nitrogens with zero attached hydrogens (tertiary/aromatic N) is 3. The summed E-state index contributed by atoms with van der Waals surface area (Å²) in [7, 11) is -4.14. The minimum atomic E-state index is -4.14. The summed E-state index contributed by atoms with van der Waals surface area (Å²) in [5.74, 6) is 0. The zero-order valence-corrected chi connectivity index (χ0v) is 17.3. The van der Waals surface area contributed by atoms with Crippen molar-refractivity contribution in [1.82, 2.24) is 9.78 Å². The van der Waals surface area contributed by atoms with Crippen molar-refractivity contribution in [1.29, 1.82) is 5.26 Å². The van der Waals surface area contributed by atoms with Gasteiger partial charge in [-0.2, -0.15) is 10.4 Å². The number of allylic oxidation sites excluding steroid dienone is 1. The van der Waals surface area contributed by atoms with Gasteiger partial charge in [-0.3, -0.25) is 0 Å². The number of sulfone groups is 1. The van der Waals surface area contributed by atoms with E-state index in [1.807, 2.05) is 37.3 Å².